The van der Waals surface area contributed by atoms with Gasteiger partial charge in [-0.2, -0.15) is 0 Å². The van der Waals surface area contributed by atoms with Crippen LogP contribution in [0.5, 0.6) is 0 Å². The standard InChI is InChI=1S/C23H30N4O3/c1-18-8-10-26(11-9-18)20-6-4-19(5-7-20)24-22(28)17-25-12-14-27(15-13-25)23(29)21-3-2-16-30-21/h2-7,16,18H,8-15,17H2,1H3,(H,24,28). The van der Waals surface area contributed by atoms with Crippen molar-refractivity contribution in [2.45, 2.75) is 19.8 Å². The summed E-state index contributed by atoms with van der Waals surface area (Å²) in [6, 6.07) is 11.5. The first-order chi connectivity index (χ1) is 14.6. The molecule has 2 amide bonds. The predicted molar refractivity (Wildman–Crippen MR) is 117 cm³/mol. The molecule has 0 unspecified atom stereocenters. The van der Waals surface area contributed by atoms with Gasteiger partial charge in [0.1, 0.15) is 0 Å². The maximum atomic E-state index is 12.4. The number of anilines is 2. The van der Waals surface area contributed by atoms with Crippen LogP contribution in [0.4, 0.5) is 11.4 Å². The summed E-state index contributed by atoms with van der Waals surface area (Å²) in [6.45, 7) is 7.37. The Balaban J connectivity index is 1.22. The van der Waals surface area contributed by atoms with Crippen molar-refractivity contribution in [2.24, 2.45) is 5.92 Å². The molecule has 1 aromatic carbocycles. The molecule has 0 radical (unpaired) electrons. The molecule has 2 fully saturated rings. The smallest absolute Gasteiger partial charge is 0.289 e. The van der Waals surface area contributed by atoms with Crippen LogP contribution in [0, 0.1) is 5.92 Å². The zero-order valence-electron chi connectivity index (χ0n) is 17.5. The van der Waals surface area contributed by atoms with Gasteiger partial charge in [0.15, 0.2) is 5.76 Å². The second kappa shape index (κ2) is 9.34. The molecule has 0 atom stereocenters. The molecule has 1 aromatic heterocycles. The second-order valence-corrected chi connectivity index (χ2v) is 8.31. The first-order valence-electron chi connectivity index (χ1n) is 10.8. The molecule has 160 valence electrons. The van der Waals surface area contributed by atoms with Crippen LogP contribution in [-0.2, 0) is 4.79 Å². The molecule has 2 saturated heterocycles. The number of hydrogen-bond acceptors (Lipinski definition) is 5. The summed E-state index contributed by atoms with van der Waals surface area (Å²) in [5.74, 6) is 1.06. The molecular formula is C23H30N4O3. The molecular weight excluding hydrogens is 380 g/mol. The molecule has 1 N–H and O–H groups in total. The number of hydrogen-bond donors (Lipinski definition) is 1. The van der Waals surface area contributed by atoms with E-state index in [2.05, 4.69) is 34.2 Å². The average Bonchev–Trinajstić information content (AvgIpc) is 3.30. The fourth-order valence-electron chi connectivity index (χ4n) is 4.09. The maximum Gasteiger partial charge on any atom is 0.289 e. The highest BCUT2D eigenvalue weighted by Gasteiger charge is 2.24. The largest absolute Gasteiger partial charge is 0.459 e. The van der Waals surface area contributed by atoms with Crippen LogP contribution in [-0.4, -0.2) is 67.4 Å². The molecule has 4 rings (SSSR count). The monoisotopic (exact) mass is 410 g/mol. The summed E-state index contributed by atoms with van der Waals surface area (Å²) in [7, 11) is 0. The Labute approximate surface area is 177 Å². The Hall–Kier alpha value is -2.80. The Kier molecular flexibility index (Phi) is 6.38. The van der Waals surface area contributed by atoms with Crippen molar-refractivity contribution in [2.75, 3.05) is 56.0 Å². The van der Waals surface area contributed by atoms with Crippen molar-refractivity contribution in [3.63, 3.8) is 0 Å². The van der Waals surface area contributed by atoms with E-state index in [0.717, 1.165) is 24.7 Å². The van der Waals surface area contributed by atoms with E-state index < -0.39 is 0 Å². The van der Waals surface area contributed by atoms with Crippen molar-refractivity contribution < 1.29 is 14.0 Å². The van der Waals surface area contributed by atoms with E-state index in [-0.39, 0.29) is 11.8 Å². The van der Waals surface area contributed by atoms with Crippen LogP contribution < -0.4 is 10.2 Å². The van der Waals surface area contributed by atoms with Crippen molar-refractivity contribution in [1.82, 2.24) is 9.80 Å². The van der Waals surface area contributed by atoms with Gasteiger partial charge < -0.3 is 19.5 Å². The van der Waals surface area contributed by atoms with Gasteiger partial charge in [0, 0.05) is 50.6 Å². The van der Waals surface area contributed by atoms with Gasteiger partial charge in [-0.25, -0.2) is 0 Å². The Morgan fingerprint density at radius 2 is 1.70 bits per heavy atom. The fraction of sp³-hybridized carbons (Fsp3) is 0.478. The van der Waals surface area contributed by atoms with Gasteiger partial charge in [0.2, 0.25) is 5.91 Å². The number of piperazine rings is 1. The lowest BCUT2D eigenvalue weighted by molar-refractivity contribution is -0.117. The first-order valence-corrected chi connectivity index (χ1v) is 10.8. The number of rotatable bonds is 5. The first kappa shape index (κ1) is 20.5. The normalized spacial score (nSPS) is 18.4. The van der Waals surface area contributed by atoms with Gasteiger partial charge >= 0.3 is 0 Å². The highest BCUT2D eigenvalue weighted by molar-refractivity contribution is 5.93. The zero-order valence-corrected chi connectivity index (χ0v) is 17.5. The van der Waals surface area contributed by atoms with Gasteiger partial charge in [-0.3, -0.25) is 14.5 Å². The van der Waals surface area contributed by atoms with E-state index in [4.69, 9.17) is 4.42 Å². The van der Waals surface area contributed by atoms with E-state index in [9.17, 15) is 9.59 Å². The highest BCUT2D eigenvalue weighted by atomic mass is 16.3. The zero-order chi connectivity index (χ0) is 20.9. The molecule has 30 heavy (non-hydrogen) atoms. The average molecular weight is 411 g/mol. The summed E-state index contributed by atoms with van der Waals surface area (Å²) in [4.78, 5) is 31.0. The highest BCUT2D eigenvalue weighted by Crippen LogP contribution is 2.24. The van der Waals surface area contributed by atoms with Crippen LogP contribution in [0.25, 0.3) is 0 Å². The predicted octanol–water partition coefficient (Wildman–Crippen LogP) is 2.91. The van der Waals surface area contributed by atoms with Crippen molar-refractivity contribution >= 4 is 23.2 Å². The molecule has 2 aliphatic rings. The molecule has 0 bridgehead atoms. The number of nitrogens with zero attached hydrogens (tertiary/aromatic N) is 3. The lowest BCUT2D eigenvalue weighted by atomic mass is 9.99. The lowest BCUT2D eigenvalue weighted by Gasteiger charge is -2.33. The molecule has 0 saturated carbocycles. The number of amides is 2. The van der Waals surface area contributed by atoms with Crippen molar-refractivity contribution in [1.29, 1.82) is 0 Å². The van der Waals surface area contributed by atoms with E-state index in [1.54, 1.807) is 17.0 Å². The summed E-state index contributed by atoms with van der Waals surface area (Å²) < 4.78 is 5.19. The molecule has 2 aliphatic heterocycles. The quantitative estimate of drug-likeness (QED) is 0.821. The minimum absolute atomic E-state index is 0.0274. The van der Waals surface area contributed by atoms with Crippen LogP contribution in [0.1, 0.15) is 30.3 Å². The molecule has 7 heteroatoms. The molecule has 3 heterocycles. The third-order valence-electron chi connectivity index (χ3n) is 6.06. The van der Waals surface area contributed by atoms with Crippen LogP contribution in [0.3, 0.4) is 0 Å². The number of benzene rings is 1. The van der Waals surface area contributed by atoms with Crippen LogP contribution in [0.15, 0.2) is 47.1 Å². The summed E-state index contributed by atoms with van der Waals surface area (Å²) in [5.41, 5.74) is 2.04. The van der Waals surface area contributed by atoms with Crippen molar-refractivity contribution in [3.8, 4) is 0 Å². The summed E-state index contributed by atoms with van der Waals surface area (Å²) >= 11 is 0. The maximum absolute atomic E-state index is 12.4. The van der Waals surface area contributed by atoms with Gasteiger partial charge in [-0.05, 0) is 55.2 Å². The summed E-state index contributed by atoms with van der Waals surface area (Å²) in [6.07, 6.45) is 3.98. The Morgan fingerprint density at radius 1 is 1.00 bits per heavy atom. The van der Waals surface area contributed by atoms with Gasteiger partial charge in [0.25, 0.3) is 5.91 Å². The number of furan rings is 1. The molecule has 2 aromatic rings. The topological polar surface area (TPSA) is 69.0 Å². The number of nitrogens with one attached hydrogen (secondary N) is 1. The number of piperidine rings is 1. The van der Waals surface area contributed by atoms with E-state index >= 15 is 0 Å². The third kappa shape index (κ3) is 5.02. The Bertz CT molecular complexity index is 834. The van der Waals surface area contributed by atoms with Gasteiger partial charge in [-0.1, -0.05) is 6.92 Å². The van der Waals surface area contributed by atoms with E-state index in [0.29, 0.717) is 38.5 Å². The second-order valence-electron chi connectivity index (χ2n) is 8.31. The van der Waals surface area contributed by atoms with E-state index in [1.165, 1.54) is 24.8 Å². The molecule has 7 nitrogen and oxygen atoms in total. The third-order valence-corrected chi connectivity index (χ3v) is 6.06. The molecule has 0 aliphatic carbocycles. The molecule has 0 spiro atoms. The van der Waals surface area contributed by atoms with Crippen LogP contribution >= 0.6 is 0 Å². The minimum atomic E-state index is -0.0904. The van der Waals surface area contributed by atoms with Gasteiger partial charge in [-0.15, -0.1) is 0 Å². The van der Waals surface area contributed by atoms with E-state index in [1.807, 2.05) is 12.1 Å². The lowest BCUT2D eigenvalue weighted by Crippen LogP contribution is -2.50. The van der Waals surface area contributed by atoms with Crippen LogP contribution in [0.2, 0.25) is 0 Å². The van der Waals surface area contributed by atoms with Gasteiger partial charge in [0.05, 0.1) is 12.8 Å². The Morgan fingerprint density at radius 3 is 2.33 bits per heavy atom. The number of carbonyl (C=O) groups excluding carboxylic acids is 2. The summed E-state index contributed by atoms with van der Waals surface area (Å²) in [5, 5.41) is 2.99. The minimum Gasteiger partial charge on any atom is -0.459 e. The van der Waals surface area contributed by atoms with Crippen molar-refractivity contribution in [3.05, 3.63) is 48.4 Å². The fourth-order valence-corrected chi connectivity index (χ4v) is 4.09. The number of carbonyl (C=O) groups is 2. The SMILES string of the molecule is CC1CCN(c2ccc(NC(=O)CN3CCN(C(=O)c4ccco4)CC3)cc2)CC1.